The van der Waals surface area contributed by atoms with Gasteiger partial charge in [0, 0.05) is 19.1 Å². The van der Waals surface area contributed by atoms with E-state index in [0.717, 1.165) is 18.4 Å². The summed E-state index contributed by atoms with van der Waals surface area (Å²) in [5.41, 5.74) is -0.310. The summed E-state index contributed by atoms with van der Waals surface area (Å²) in [7, 11) is -3.35. The lowest BCUT2D eigenvalue weighted by Crippen LogP contribution is -2.36. The molecule has 1 heterocycles. The number of nitrogens with zero attached hydrogens (tertiary/aromatic N) is 2. The van der Waals surface area contributed by atoms with Crippen LogP contribution in [0.15, 0.2) is 12.1 Å². The Bertz CT molecular complexity index is 647. The molecule has 8 heteroatoms. The lowest BCUT2D eigenvalue weighted by atomic mass is 10.2. The Labute approximate surface area is 115 Å². The predicted molar refractivity (Wildman–Crippen MR) is 69.7 cm³/mol. The fourth-order valence-corrected chi connectivity index (χ4v) is 3.09. The Morgan fingerprint density at radius 2 is 2.00 bits per heavy atom. The molecule has 0 radical (unpaired) electrons. The van der Waals surface area contributed by atoms with Crippen LogP contribution >= 0.6 is 0 Å². The predicted octanol–water partition coefficient (Wildman–Crippen LogP) is 0.964. The molecule has 0 aliphatic carbocycles. The van der Waals surface area contributed by atoms with E-state index in [1.165, 1.54) is 4.90 Å². The highest BCUT2D eigenvalue weighted by molar-refractivity contribution is 7.88. The van der Waals surface area contributed by atoms with Gasteiger partial charge in [0.2, 0.25) is 10.0 Å². The minimum atomic E-state index is -3.35. The van der Waals surface area contributed by atoms with Gasteiger partial charge in [-0.1, -0.05) is 0 Å². The molecule has 0 spiro atoms. The zero-order valence-corrected chi connectivity index (χ0v) is 11.5. The standard InChI is InChI=1S/C12H13F2N3O2S/c1-20(18,19)16-9-2-3-17(7-9)12-10(13)4-8(6-15)5-11(12)14/h4-5,9,16H,2-3,7H2,1H3. The molecule has 108 valence electrons. The smallest absolute Gasteiger partial charge is 0.209 e. The molecule has 1 aliphatic rings. The molecule has 0 bridgehead atoms. The van der Waals surface area contributed by atoms with Crippen molar-refractivity contribution in [3.05, 3.63) is 29.3 Å². The van der Waals surface area contributed by atoms with Gasteiger partial charge in [0.05, 0.1) is 17.9 Å². The van der Waals surface area contributed by atoms with E-state index in [2.05, 4.69) is 4.72 Å². The van der Waals surface area contributed by atoms with Gasteiger partial charge in [-0.3, -0.25) is 0 Å². The fraction of sp³-hybridized carbons (Fsp3) is 0.417. The first-order valence-corrected chi connectivity index (χ1v) is 7.80. The van der Waals surface area contributed by atoms with Gasteiger partial charge in [-0.2, -0.15) is 5.26 Å². The second-order valence-corrected chi connectivity index (χ2v) is 6.50. The summed E-state index contributed by atoms with van der Waals surface area (Å²) in [5, 5.41) is 8.64. The Balaban J connectivity index is 2.21. The summed E-state index contributed by atoms with van der Waals surface area (Å²) in [6.45, 7) is 0.528. The third-order valence-electron chi connectivity index (χ3n) is 3.03. The molecule has 0 amide bonds. The summed E-state index contributed by atoms with van der Waals surface area (Å²) >= 11 is 0. The first-order chi connectivity index (χ1) is 9.30. The number of hydrogen-bond acceptors (Lipinski definition) is 4. The number of benzene rings is 1. The van der Waals surface area contributed by atoms with Crippen LogP contribution in [0.25, 0.3) is 0 Å². The molecule has 1 saturated heterocycles. The number of nitrogens with one attached hydrogen (secondary N) is 1. The largest absolute Gasteiger partial charge is 0.365 e. The third kappa shape index (κ3) is 3.23. The van der Waals surface area contributed by atoms with Crippen molar-refractivity contribution >= 4 is 15.7 Å². The number of nitriles is 1. The van der Waals surface area contributed by atoms with Crippen LogP contribution in [0, 0.1) is 23.0 Å². The number of hydrogen-bond donors (Lipinski definition) is 1. The maximum Gasteiger partial charge on any atom is 0.209 e. The van der Waals surface area contributed by atoms with Gasteiger partial charge in [0.25, 0.3) is 0 Å². The highest BCUT2D eigenvalue weighted by Gasteiger charge is 2.28. The van der Waals surface area contributed by atoms with E-state index >= 15 is 0 Å². The van der Waals surface area contributed by atoms with Crippen LogP contribution in [0.5, 0.6) is 0 Å². The van der Waals surface area contributed by atoms with Crippen LogP contribution in [0.1, 0.15) is 12.0 Å². The first kappa shape index (κ1) is 14.7. The molecular weight excluding hydrogens is 288 g/mol. The van der Waals surface area contributed by atoms with E-state index in [9.17, 15) is 17.2 Å². The van der Waals surface area contributed by atoms with E-state index in [1.807, 2.05) is 0 Å². The molecule has 1 aliphatic heterocycles. The van der Waals surface area contributed by atoms with Crippen molar-refractivity contribution in [3.63, 3.8) is 0 Å². The van der Waals surface area contributed by atoms with E-state index in [4.69, 9.17) is 5.26 Å². The number of rotatable bonds is 3. The van der Waals surface area contributed by atoms with Crippen LogP contribution in [-0.4, -0.2) is 33.8 Å². The molecule has 1 atom stereocenters. The number of halogens is 2. The number of anilines is 1. The van der Waals surface area contributed by atoms with Crippen molar-refractivity contribution in [1.29, 1.82) is 5.26 Å². The van der Waals surface area contributed by atoms with E-state index in [1.54, 1.807) is 6.07 Å². The van der Waals surface area contributed by atoms with E-state index in [0.29, 0.717) is 13.0 Å². The SMILES string of the molecule is CS(=O)(=O)NC1CCN(c2c(F)cc(C#N)cc2F)C1. The maximum atomic E-state index is 13.8. The Kier molecular flexibility index (Phi) is 3.92. The molecule has 5 nitrogen and oxygen atoms in total. The van der Waals surface area contributed by atoms with Gasteiger partial charge in [0.1, 0.15) is 5.69 Å². The van der Waals surface area contributed by atoms with Gasteiger partial charge in [0.15, 0.2) is 11.6 Å². The van der Waals surface area contributed by atoms with Crippen molar-refractivity contribution < 1.29 is 17.2 Å². The zero-order valence-electron chi connectivity index (χ0n) is 10.7. The molecule has 1 aromatic rings. The molecule has 1 unspecified atom stereocenters. The molecule has 2 rings (SSSR count). The van der Waals surface area contributed by atoms with Gasteiger partial charge in [-0.05, 0) is 18.6 Å². The molecule has 20 heavy (non-hydrogen) atoms. The number of sulfonamides is 1. The fourth-order valence-electron chi connectivity index (χ4n) is 2.29. The van der Waals surface area contributed by atoms with Crippen LogP contribution in [0.4, 0.5) is 14.5 Å². The highest BCUT2D eigenvalue weighted by atomic mass is 32.2. The minimum Gasteiger partial charge on any atom is -0.365 e. The van der Waals surface area contributed by atoms with Crippen molar-refractivity contribution in [2.45, 2.75) is 12.5 Å². The normalized spacial score (nSPS) is 19.1. The second kappa shape index (κ2) is 5.34. The quantitative estimate of drug-likeness (QED) is 0.902. The van der Waals surface area contributed by atoms with Crippen LogP contribution in [0.2, 0.25) is 0 Å². The molecule has 0 aromatic heterocycles. The van der Waals surface area contributed by atoms with Crippen molar-refractivity contribution in [2.24, 2.45) is 0 Å². The highest BCUT2D eigenvalue weighted by Crippen LogP contribution is 2.28. The summed E-state index contributed by atoms with van der Waals surface area (Å²) in [6, 6.07) is 3.24. The van der Waals surface area contributed by atoms with Crippen LogP contribution in [0.3, 0.4) is 0 Å². The van der Waals surface area contributed by atoms with Crippen molar-refractivity contribution in [1.82, 2.24) is 4.72 Å². The third-order valence-corrected chi connectivity index (χ3v) is 3.79. The summed E-state index contributed by atoms with van der Waals surface area (Å²) in [6.07, 6.45) is 1.50. The van der Waals surface area contributed by atoms with E-state index in [-0.39, 0.29) is 23.8 Å². The molecule has 1 aromatic carbocycles. The lowest BCUT2D eigenvalue weighted by molar-refractivity contribution is 0.564. The van der Waals surface area contributed by atoms with Crippen LogP contribution < -0.4 is 9.62 Å². The van der Waals surface area contributed by atoms with Gasteiger partial charge < -0.3 is 4.90 Å². The first-order valence-electron chi connectivity index (χ1n) is 5.91. The molecule has 1 fully saturated rings. The monoisotopic (exact) mass is 301 g/mol. The van der Waals surface area contributed by atoms with Gasteiger partial charge in [-0.15, -0.1) is 0 Å². The van der Waals surface area contributed by atoms with Crippen molar-refractivity contribution in [3.8, 4) is 6.07 Å². The average molecular weight is 301 g/mol. The summed E-state index contributed by atoms with van der Waals surface area (Å²) in [4.78, 5) is 1.44. The minimum absolute atomic E-state index is 0.0891. The van der Waals surface area contributed by atoms with Crippen LogP contribution in [-0.2, 0) is 10.0 Å². The van der Waals surface area contributed by atoms with Gasteiger partial charge >= 0.3 is 0 Å². The van der Waals surface area contributed by atoms with Crippen molar-refractivity contribution in [2.75, 3.05) is 24.2 Å². The molecular formula is C12H13F2N3O2S. The second-order valence-electron chi connectivity index (χ2n) is 4.72. The lowest BCUT2D eigenvalue weighted by Gasteiger charge is -2.20. The topological polar surface area (TPSA) is 73.2 Å². The van der Waals surface area contributed by atoms with Gasteiger partial charge in [-0.25, -0.2) is 21.9 Å². The Morgan fingerprint density at radius 1 is 1.40 bits per heavy atom. The van der Waals surface area contributed by atoms with E-state index < -0.39 is 21.7 Å². The molecule has 0 saturated carbocycles. The summed E-state index contributed by atoms with van der Waals surface area (Å²) in [5.74, 6) is -1.64. The molecule has 1 N–H and O–H groups in total. The zero-order chi connectivity index (χ0) is 14.9. The maximum absolute atomic E-state index is 13.8. The summed E-state index contributed by atoms with van der Waals surface area (Å²) < 4.78 is 52.4. The Hall–Kier alpha value is -1.72. The average Bonchev–Trinajstić information content (AvgIpc) is 2.73. The Morgan fingerprint density at radius 3 is 2.50 bits per heavy atom.